The number of nitrogens with two attached hydrogens (primary N) is 1. The summed E-state index contributed by atoms with van der Waals surface area (Å²) in [4.78, 5) is 35.2. The molecule has 2 aliphatic rings. The number of carbonyl (C=O) groups excluding carboxylic acids is 1. The molecular formula is C32H35N8O6P. The zero-order chi connectivity index (χ0) is 32.4. The van der Waals surface area contributed by atoms with Gasteiger partial charge in [-0.25, -0.2) is 14.3 Å². The molecule has 4 atom stereocenters. The summed E-state index contributed by atoms with van der Waals surface area (Å²) in [5, 5.41) is 4.32. The van der Waals surface area contributed by atoms with Crippen molar-refractivity contribution in [2.24, 2.45) is 5.92 Å². The second-order valence-corrected chi connectivity index (χ2v) is 13.1. The van der Waals surface area contributed by atoms with Gasteiger partial charge in [-0.3, -0.25) is 4.52 Å². The van der Waals surface area contributed by atoms with Gasteiger partial charge >= 0.3 is 13.8 Å². The molecule has 15 heteroatoms. The fourth-order valence-corrected chi connectivity index (χ4v) is 6.90. The van der Waals surface area contributed by atoms with Crippen LogP contribution in [-0.2, 0) is 29.7 Å². The van der Waals surface area contributed by atoms with E-state index in [9.17, 15) is 9.36 Å². The van der Waals surface area contributed by atoms with E-state index in [-0.39, 0.29) is 36.7 Å². The molecule has 5 N–H and O–H groups in total. The molecular weight excluding hydrogens is 623 g/mol. The standard InChI is InChI=1S/C32H35N8O6P/c1-43-39-27(16-21-17-34-26-10-6-5-9-25(21)26)31(41)46-47(42,45-24-7-3-2-4-8-24)44-18-20-11-14-23(15-20)40-19-35-28-29(36-22-12-13-22)37-32(33)38-30(28)40/h2-11,14,17,19-20,22-23,27,34,39H,12-13,15-16,18H2,1H3,(H3,33,36,37,38)/t20-,23+,27+,47?/m1/s1. The maximum atomic E-state index is 14.1. The van der Waals surface area contributed by atoms with E-state index in [4.69, 9.17) is 24.1 Å². The maximum absolute atomic E-state index is 14.1. The summed E-state index contributed by atoms with van der Waals surface area (Å²) in [6.45, 7) is -0.0343. The Kier molecular flexibility index (Phi) is 8.65. The number of carbonyl (C=O) groups is 1. The number of imidazole rings is 1. The van der Waals surface area contributed by atoms with Gasteiger partial charge in [0.15, 0.2) is 17.0 Å². The van der Waals surface area contributed by atoms with Gasteiger partial charge in [0.05, 0.1) is 26.1 Å². The van der Waals surface area contributed by atoms with Crippen molar-refractivity contribution in [2.45, 2.75) is 43.8 Å². The molecule has 3 aromatic heterocycles. The number of anilines is 2. The number of nitrogen functional groups attached to an aromatic ring is 1. The molecule has 2 aromatic carbocycles. The molecule has 0 spiro atoms. The van der Waals surface area contributed by atoms with E-state index in [0.29, 0.717) is 29.4 Å². The van der Waals surface area contributed by atoms with Crippen LogP contribution in [0.3, 0.4) is 0 Å². The van der Waals surface area contributed by atoms with Gasteiger partial charge in [-0.15, -0.1) is 0 Å². The highest BCUT2D eigenvalue weighted by Gasteiger charge is 2.38. The van der Waals surface area contributed by atoms with Gasteiger partial charge in [-0.05, 0) is 43.0 Å². The Morgan fingerprint density at radius 3 is 2.74 bits per heavy atom. The molecule has 0 bridgehead atoms. The number of H-pyrrole nitrogens is 1. The topological polar surface area (TPSA) is 181 Å². The lowest BCUT2D eigenvalue weighted by atomic mass is 10.1. The number of para-hydroxylation sites is 2. The molecule has 1 unspecified atom stereocenters. The van der Waals surface area contributed by atoms with Gasteiger partial charge in [0.25, 0.3) is 0 Å². The first-order valence-corrected chi connectivity index (χ1v) is 16.8. The molecule has 14 nitrogen and oxygen atoms in total. The first kappa shape index (κ1) is 30.9. The first-order valence-electron chi connectivity index (χ1n) is 15.4. The van der Waals surface area contributed by atoms with Gasteiger partial charge in [0, 0.05) is 35.5 Å². The number of hydroxylamine groups is 1. The largest absolute Gasteiger partial charge is 0.589 e. The number of aromatic amines is 1. The summed E-state index contributed by atoms with van der Waals surface area (Å²) in [7, 11) is -3.06. The molecule has 244 valence electrons. The van der Waals surface area contributed by atoms with Crippen LogP contribution in [-0.4, -0.2) is 56.3 Å². The SMILES string of the molecule is CON[C@@H](Cc1c[nH]c2ccccc12)C(=O)OP(=O)(OC[C@@H]1C=C[C@H](n2cnc3c(NC4CC4)nc(N)nc32)C1)Oc1ccccc1. The zero-order valence-electron chi connectivity index (χ0n) is 25.6. The Hall–Kier alpha value is -4.75. The number of allylic oxidation sites excluding steroid dienone is 1. The molecule has 1 fully saturated rings. The van der Waals surface area contributed by atoms with E-state index in [1.54, 1.807) is 36.7 Å². The molecule has 0 radical (unpaired) electrons. The van der Waals surface area contributed by atoms with Gasteiger partial charge in [0.2, 0.25) is 5.95 Å². The van der Waals surface area contributed by atoms with E-state index < -0.39 is 19.8 Å². The van der Waals surface area contributed by atoms with Crippen LogP contribution < -0.4 is 21.1 Å². The third-order valence-corrected chi connectivity index (χ3v) is 9.42. The maximum Gasteiger partial charge on any atom is 0.589 e. The van der Waals surface area contributed by atoms with Crippen LogP contribution >= 0.6 is 7.82 Å². The molecule has 47 heavy (non-hydrogen) atoms. The minimum atomic E-state index is -4.46. The minimum Gasteiger partial charge on any atom is -0.395 e. The summed E-state index contributed by atoms with van der Waals surface area (Å²) in [5.74, 6) is -0.00670. The summed E-state index contributed by atoms with van der Waals surface area (Å²) in [6.07, 6.45) is 10.5. The lowest BCUT2D eigenvalue weighted by Crippen LogP contribution is -2.39. The lowest BCUT2D eigenvalue weighted by Gasteiger charge is -2.22. The third kappa shape index (κ3) is 7.00. The number of phosphoric ester groups is 1. The smallest absolute Gasteiger partial charge is 0.395 e. The van der Waals surface area contributed by atoms with Crippen LogP contribution in [0.4, 0.5) is 11.8 Å². The van der Waals surface area contributed by atoms with E-state index in [1.807, 2.05) is 47.2 Å². The normalized spacial score (nSPS) is 19.5. The molecule has 0 aliphatic heterocycles. The molecule has 5 aromatic rings. The van der Waals surface area contributed by atoms with Crippen molar-refractivity contribution >= 4 is 47.6 Å². The van der Waals surface area contributed by atoms with Crippen LogP contribution in [0, 0.1) is 5.92 Å². The van der Waals surface area contributed by atoms with E-state index >= 15 is 0 Å². The van der Waals surface area contributed by atoms with E-state index in [1.165, 1.54) is 7.11 Å². The average molecular weight is 659 g/mol. The Morgan fingerprint density at radius 1 is 1.13 bits per heavy atom. The van der Waals surface area contributed by atoms with Gasteiger partial charge in [-0.2, -0.15) is 15.4 Å². The van der Waals surface area contributed by atoms with Crippen molar-refractivity contribution in [2.75, 3.05) is 24.8 Å². The third-order valence-electron chi connectivity index (χ3n) is 8.12. The van der Waals surface area contributed by atoms with Crippen LogP contribution in [0.1, 0.15) is 30.9 Å². The van der Waals surface area contributed by atoms with Gasteiger partial charge < -0.3 is 34.5 Å². The van der Waals surface area contributed by atoms with Gasteiger partial charge in [0.1, 0.15) is 11.8 Å². The highest BCUT2D eigenvalue weighted by Crippen LogP contribution is 2.51. The summed E-state index contributed by atoms with van der Waals surface area (Å²) >= 11 is 0. The molecule has 1 saturated carbocycles. The summed E-state index contributed by atoms with van der Waals surface area (Å²) < 4.78 is 33.1. The molecule has 3 heterocycles. The van der Waals surface area contributed by atoms with Crippen molar-refractivity contribution < 1.29 is 27.8 Å². The van der Waals surface area contributed by atoms with Crippen LogP contribution in [0.15, 0.2) is 79.3 Å². The zero-order valence-corrected chi connectivity index (χ0v) is 26.5. The van der Waals surface area contributed by atoms with Crippen LogP contribution in [0.25, 0.3) is 22.1 Å². The number of hydrogen-bond donors (Lipinski definition) is 4. The minimum absolute atomic E-state index is 0.0343. The number of hydrogen-bond acceptors (Lipinski definition) is 12. The molecule has 0 saturated heterocycles. The van der Waals surface area contributed by atoms with E-state index in [2.05, 4.69) is 30.7 Å². The Morgan fingerprint density at radius 2 is 1.94 bits per heavy atom. The van der Waals surface area contributed by atoms with Crippen LogP contribution in [0.5, 0.6) is 5.75 Å². The predicted octanol–water partition coefficient (Wildman–Crippen LogP) is 5.09. The van der Waals surface area contributed by atoms with Crippen LogP contribution in [0.2, 0.25) is 0 Å². The van der Waals surface area contributed by atoms with Crippen molar-refractivity contribution in [3.8, 4) is 5.75 Å². The Bertz CT molecular complexity index is 1960. The number of nitrogens with one attached hydrogen (secondary N) is 3. The average Bonchev–Trinajstić information content (AvgIpc) is 3.41. The summed E-state index contributed by atoms with van der Waals surface area (Å²) in [5.41, 5.74) is 11.7. The number of nitrogens with zero attached hydrogens (tertiary/aromatic N) is 4. The number of rotatable bonds is 14. The van der Waals surface area contributed by atoms with Crippen molar-refractivity contribution in [3.63, 3.8) is 0 Å². The second kappa shape index (κ2) is 13.2. The van der Waals surface area contributed by atoms with Crippen molar-refractivity contribution in [1.82, 2.24) is 30.0 Å². The Labute approximate surface area is 270 Å². The van der Waals surface area contributed by atoms with Gasteiger partial charge in [-0.1, -0.05) is 48.6 Å². The fraction of sp³-hybridized carbons (Fsp3) is 0.312. The highest BCUT2D eigenvalue weighted by atomic mass is 31.2. The number of aromatic nitrogens is 5. The molecule has 0 amide bonds. The second-order valence-electron chi connectivity index (χ2n) is 11.6. The quantitative estimate of drug-likeness (QED) is 0.0706. The molecule has 2 aliphatic carbocycles. The highest BCUT2D eigenvalue weighted by molar-refractivity contribution is 7.49. The number of fused-ring (bicyclic) bond motifs is 2. The number of phosphoric acid groups is 1. The Balaban J connectivity index is 1.05. The monoisotopic (exact) mass is 658 g/mol. The molecule has 7 rings (SSSR count). The lowest BCUT2D eigenvalue weighted by molar-refractivity contribution is -0.142. The fourth-order valence-electron chi connectivity index (χ4n) is 5.66. The number of benzene rings is 2. The van der Waals surface area contributed by atoms with Crippen molar-refractivity contribution in [1.29, 1.82) is 0 Å². The predicted molar refractivity (Wildman–Crippen MR) is 175 cm³/mol. The van der Waals surface area contributed by atoms with E-state index in [0.717, 1.165) is 29.3 Å². The first-order chi connectivity index (χ1) is 22.9. The summed E-state index contributed by atoms with van der Waals surface area (Å²) in [6, 6.07) is 15.4. The van der Waals surface area contributed by atoms with Crippen molar-refractivity contribution in [3.05, 3.63) is 84.8 Å².